The summed E-state index contributed by atoms with van der Waals surface area (Å²) in [6.07, 6.45) is 0.236. The standard InChI is InChI=1S/C13H16N2O/c1-10-4-3-5-12(8-14)13(10)15-6-7-16-11(2)9-15/h3-5,11H,6-7,9H2,1-2H3. The first-order valence-corrected chi connectivity index (χ1v) is 5.58. The summed E-state index contributed by atoms with van der Waals surface area (Å²) in [5.41, 5.74) is 2.99. The first kappa shape index (κ1) is 11.0. The second-order valence-electron chi connectivity index (χ2n) is 4.21. The number of nitriles is 1. The predicted molar refractivity (Wildman–Crippen MR) is 63.5 cm³/mol. The lowest BCUT2D eigenvalue weighted by Crippen LogP contribution is -2.41. The molecule has 0 amide bonds. The van der Waals surface area contributed by atoms with Gasteiger partial charge >= 0.3 is 0 Å². The maximum Gasteiger partial charge on any atom is 0.101 e. The molecule has 1 unspecified atom stereocenters. The lowest BCUT2D eigenvalue weighted by atomic mass is 10.1. The van der Waals surface area contributed by atoms with Gasteiger partial charge in [0.2, 0.25) is 0 Å². The van der Waals surface area contributed by atoms with Crippen LogP contribution >= 0.6 is 0 Å². The van der Waals surface area contributed by atoms with Gasteiger partial charge in [0, 0.05) is 13.1 Å². The van der Waals surface area contributed by atoms with Crippen molar-refractivity contribution in [1.29, 1.82) is 5.26 Å². The van der Waals surface area contributed by atoms with E-state index in [1.54, 1.807) is 0 Å². The van der Waals surface area contributed by atoms with E-state index in [0.717, 1.165) is 36.5 Å². The normalized spacial score (nSPS) is 20.6. The largest absolute Gasteiger partial charge is 0.375 e. The van der Waals surface area contributed by atoms with Crippen LogP contribution in [0.15, 0.2) is 18.2 Å². The Morgan fingerprint density at radius 2 is 2.31 bits per heavy atom. The third-order valence-electron chi connectivity index (χ3n) is 2.92. The average molecular weight is 216 g/mol. The van der Waals surface area contributed by atoms with Gasteiger partial charge in [-0.2, -0.15) is 5.26 Å². The molecule has 3 heteroatoms. The van der Waals surface area contributed by atoms with Crippen molar-refractivity contribution >= 4 is 5.69 Å². The summed E-state index contributed by atoms with van der Waals surface area (Å²) >= 11 is 0. The summed E-state index contributed by atoms with van der Waals surface area (Å²) in [6.45, 7) is 6.58. The van der Waals surface area contributed by atoms with Crippen molar-refractivity contribution in [3.63, 3.8) is 0 Å². The van der Waals surface area contributed by atoms with Gasteiger partial charge < -0.3 is 9.64 Å². The fourth-order valence-electron chi connectivity index (χ4n) is 2.19. The Morgan fingerprint density at radius 1 is 1.50 bits per heavy atom. The molecule has 1 saturated heterocycles. The number of anilines is 1. The van der Waals surface area contributed by atoms with Crippen molar-refractivity contribution < 1.29 is 4.74 Å². The summed E-state index contributed by atoms with van der Waals surface area (Å²) < 4.78 is 5.52. The van der Waals surface area contributed by atoms with Gasteiger partial charge in [0.1, 0.15) is 6.07 Å². The molecule has 0 aromatic heterocycles. The van der Waals surface area contributed by atoms with Crippen molar-refractivity contribution in [2.75, 3.05) is 24.6 Å². The van der Waals surface area contributed by atoms with Gasteiger partial charge in [0.05, 0.1) is 24.0 Å². The number of benzene rings is 1. The minimum Gasteiger partial charge on any atom is -0.375 e. The highest BCUT2D eigenvalue weighted by molar-refractivity contribution is 5.64. The second-order valence-corrected chi connectivity index (χ2v) is 4.21. The van der Waals surface area contributed by atoms with Gasteiger partial charge in [0.15, 0.2) is 0 Å². The molecule has 0 spiro atoms. The van der Waals surface area contributed by atoms with E-state index in [0.29, 0.717) is 0 Å². The molecule has 0 N–H and O–H groups in total. The molecular weight excluding hydrogens is 200 g/mol. The lowest BCUT2D eigenvalue weighted by molar-refractivity contribution is 0.0532. The van der Waals surface area contributed by atoms with Crippen LogP contribution in [0, 0.1) is 18.3 Å². The number of aryl methyl sites for hydroxylation is 1. The van der Waals surface area contributed by atoms with Gasteiger partial charge in [-0.1, -0.05) is 12.1 Å². The topological polar surface area (TPSA) is 36.3 Å². The Bertz CT molecular complexity index is 422. The summed E-state index contributed by atoms with van der Waals surface area (Å²) in [5, 5.41) is 9.13. The first-order chi connectivity index (χ1) is 7.72. The number of para-hydroxylation sites is 1. The third kappa shape index (κ3) is 2.02. The molecule has 1 aromatic carbocycles. The molecule has 0 bridgehead atoms. The minimum absolute atomic E-state index is 0.236. The summed E-state index contributed by atoms with van der Waals surface area (Å²) in [6, 6.07) is 8.13. The fraction of sp³-hybridized carbons (Fsp3) is 0.462. The van der Waals surface area contributed by atoms with E-state index in [4.69, 9.17) is 10.00 Å². The van der Waals surface area contributed by atoms with Crippen molar-refractivity contribution in [3.8, 4) is 6.07 Å². The zero-order valence-electron chi connectivity index (χ0n) is 9.73. The lowest BCUT2D eigenvalue weighted by Gasteiger charge is -2.34. The van der Waals surface area contributed by atoms with E-state index in [-0.39, 0.29) is 6.10 Å². The number of rotatable bonds is 1. The van der Waals surface area contributed by atoms with Gasteiger partial charge in [-0.05, 0) is 25.5 Å². The minimum atomic E-state index is 0.236. The molecular formula is C13H16N2O. The van der Waals surface area contributed by atoms with Gasteiger partial charge in [0.25, 0.3) is 0 Å². The van der Waals surface area contributed by atoms with Crippen molar-refractivity contribution in [3.05, 3.63) is 29.3 Å². The van der Waals surface area contributed by atoms with Crippen molar-refractivity contribution in [2.45, 2.75) is 20.0 Å². The quantitative estimate of drug-likeness (QED) is 0.721. The monoisotopic (exact) mass is 216 g/mol. The van der Waals surface area contributed by atoms with E-state index in [2.05, 4.69) is 30.9 Å². The van der Waals surface area contributed by atoms with Crippen LogP contribution in [0.1, 0.15) is 18.1 Å². The van der Waals surface area contributed by atoms with E-state index in [1.807, 2.05) is 12.1 Å². The molecule has 1 aromatic rings. The van der Waals surface area contributed by atoms with E-state index >= 15 is 0 Å². The SMILES string of the molecule is Cc1cccc(C#N)c1N1CCOC(C)C1. The van der Waals surface area contributed by atoms with Crippen LogP contribution in [-0.4, -0.2) is 25.8 Å². The fourth-order valence-corrected chi connectivity index (χ4v) is 2.19. The maximum absolute atomic E-state index is 9.13. The highest BCUT2D eigenvalue weighted by atomic mass is 16.5. The Kier molecular flexibility index (Phi) is 3.12. The predicted octanol–water partition coefficient (Wildman–Crippen LogP) is 2.09. The number of hydrogen-bond acceptors (Lipinski definition) is 3. The van der Waals surface area contributed by atoms with Gasteiger partial charge in [-0.25, -0.2) is 0 Å². The molecule has 0 saturated carbocycles. The van der Waals surface area contributed by atoms with E-state index < -0.39 is 0 Å². The molecule has 1 aliphatic rings. The zero-order valence-corrected chi connectivity index (χ0v) is 9.73. The Hall–Kier alpha value is -1.53. The van der Waals surface area contributed by atoms with Gasteiger partial charge in [-0.3, -0.25) is 0 Å². The smallest absolute Gasteiger partial charge is 0.101 e. The summed E-state index contributed by atoms with van der Waals surface area (Å²) in [4.78, 5) is 2.25. The highest BCUT2D eigenvalue weighted by Crippen LogP contribution is 2.26. The van der Waals surface area contributed by atoms with Gasteiger partial charge in [-0.15, -0.1) is 0 Å². The van der Waals surface area contributed by atoms with E-state index in [9.17, 15) is 0 Å². The molecule has 2 rings (SSSR count). The van der Waals surface area contributed by atoms with Crippen molar-refractivity contribution in [2.24, 2.45) is 0 Å². The zero-order chi connectivity index (χ0) is 11.5. The average Bonchev–Trinajstić information content (AvgIpc) is 2.28. The van der Waals surface area contributed by atoms with Crippen molar-refractivity contribution in [1.82, 2.24) is 0 Å². The van der Waals surface area contributed by atoms with Crippen LogP contribution in [0.2, 0.25) is 0 Å². The van der Waals surface area contributed by atoms with Crippen LogP contribution in [0.5, 0.6) is 0 Å². The number of ether oxygens (including phenoxy) is 1. The molecule has 3 nitrogen and oxygen atoms in total. The summed E-state index contributed by atoms with van der Waals surface area (Å²) in [5.74, 6) is 0. The molecule has 1 aliphatic heterocycles. The number of hydrogen-bond donors (Lipinski definition) is 0. The third-order valence-corrected chi connectivity index (χ3v) is 2.92. The maximum atomic E-state index is 9.13. The van der Waals surface area contributed by atoms with Crippen LogP contribution in [0.4, 0.5) is 5.69 Å². The summed E-state index contributed by atoms with van der Waals surface area (Å²) in [7, 11) is 0. The molecule has 1 fully saturated rings. The second kappa shape index (κ2) is 4.54. The Morgan fingerprint density at radius 3 is 3.00 bits per heavy atom. The van der Waals surface area contributed by atoms with Crippen LogP contribution in [-0.2, 0) is 4.74 Å². The number of nitrogens with zero attached hydrogens (tertiary/aromatic N) is 2. The van der Waals surface area contributed by atoms with Crippen LogP contribution in [0.25, 0.3) is 0 Å². The molecule has 0 aliphatic carbocycles. The van der Waals surface area contributed by atoms with E-state index in [1.165, 1.54) is 0 Å². The van der Waals surface area contributed by atoms with Crippen LogP contribution in [0.3, 0.4) is 0 Å². The number of morpholine rings is 1. The Labute approximate surface area is 96.2 Å². The highest BCUT2D eigenvalue weighted by Gasteiger charge is 2.20. The molecule has 1 heterocycles. The molecule has 16 heavy (non-hydrogen) atoms. The first-order valence-electron chi connectivity index (χ1n) is 5.58. The molecule has 84 valence electrons. The molecule has 1 atom stereocenters. The van der Waals surface area contributed by atoms with Crippen LogP contribution < -0.4 is 4.90 Å². The molecule has 0 radical (unpaired) electrons. The Balaban J connectivity index is 2.35.